The van der Waals surface area contributed by atoms with Gasteiger partial charge in [-0.1, -0.05) is 39.7 Å². The number of fused-ring (bicyclic) bond motifs is 1. The predicted molar refractivity (Wildman–Crippen MR) is 117 cm³/mol. The van der Waals surface area contributed by atoms with E-state index in [2.05, 4.69) is 31.7 Å². The number of hydrogen-bond donors (Lipinski definition) is 2. The van der Waals surface area contributed by atoms with Crippen molar-refractivity contribution in [3.8, 4) is 0 Å². The van der Waals surface area contributed by atoms with Crippen LogP contribution < -0.4 is 10.6 Å². The van der Waals surface area contributed by atoms with Crippen LogP contribution >= 0.6 is 27.5 Å². The summed E-state index contributed by atoms with van der Waals surface area (Å²) >= 11 is 9.16. The molecule has 0 bridgehead atoms. The van der Waals surface area contributed by atoms with E-state index in [1.165, 1.54) is 0 Å². The van der Waals surface area contributed by atoms with Gasteiger partial charge in [0.15, 0.2) is 11.7 Å². The summed E-state index contributed by atoms with van der Waals surface area (Å²) < 4.78 is 81.8. The summed E-state index contributed by atoms with van der Waals surface area (Å²) in [4.78, 5) is 12.6. The van der Waals surface area contributed by atoms with Crippen LogP contribution in [-0.2, 0) is 6.18 Å². The predicted octanol–water partition coefficient (Wildman–Crippen LogP) is 7.23. The Bertz CT molecular complexity index is 1230. The Kier molecular flexibility index (Phi) is 6.32. The summed E-state index contributed by atoms with van der Waals surface area (Å²) in [5, 5.41) is 8.75. The van der Waals surface area contributed by atoms with Crippen LogP contribution in [0.4, 0.5) is 37.8 Å². The topological polar surface area (TPSA) is 59.0 Å². The fourth-order valence-corrected chi connectivity index (χ4v) is 4.01. The van der Waals surface area contributed by atoms with Crippen molar-refractivity contribution >= 4 is 44.9 Å². The zero-order valence-corrected chi connectivity index (χ0v) is 19.1. The lowest BCUT2D eigenvalue weighted by atomic mass is 9.97. The Morgan fingerprint density at radius 2 is 1.76 bits per heavy atom. The van der Waals surface area contributed by atoms with Crippen LogP contribution in [-0.4, -0.2) is 21.9 Å². The average Bonchev–Trinajstić information content (AvgIpc) is 3.18. The number of benzene rings is 2. The van der Waals surface area contributed by atoms with Crippen LogP contribution in [0.15, 0.2) is 53.0 Å². The van der Waals surface area contributed by atoms with Crippen molar-refractivity contribution in [3.05, 3.63) is 74.8 Å². The highest BCUT2D eigenvalue weighted by Crippen LogP contribution is 2.44. The van der Waals surface area contributed by atoms with Crippen molar-refractivity contribution in [1.82, 2.24) is 9.78 Å². The van der Waals surface area contributed by atoms with Gasteiger partial charge >= 0.3 is 12.4 Å². The molecule has 0 radical (unpaired) electrons. The Balaban J connectivity index is 1.64. The molecule has 2 N–H and O–H groups in total. The number of amides is 1. The second kappa shape index (κ2) is 8.81. The fraction of sp³-hybridized carbons (Fsp3) is 0.238. The van der Waals surface area contributed by atoms with E-state index in [4.69, 9.17) is 11.6 Å². The first-order valence-electron chi connectivity index (χ1n) is 9.69. The Morgan fingerprint density at radius 3 is 2.38 bits per heavy atom. The van der Waals surface area contributed by atoms with E-state index in [-0.39, 0.29) is 22.9 Å². The van der Waals surface area contributed by atoms with Gasteiger partial charge in [-0.2, -0.15) is 31.4 Å². The Labute approximate surface area is 202 Å². The highest BCUT2D eigenvalue weighted by atomic mass is 79.9. The van der Waals surface area contributed by atoms with E-state index < -0.39 is 41.6 Å². The molecule has 1 amide bonds. The van der Waals surface area contributed by atoms with Gasteiger partial charge in [-0.3, -0.25) is 4.79 Å². The van der Waals surface area contributed by atoms with Crippen molar-refractivity contribution in [3.63, 3.8) is 0 Å². The summed E-state index contributed by atoms with van der Waals surface area (Å²) in [5.41, 5.74) is -1.21. The molecule has 0 aliphatic carbocycles. The highest BCUT2D eigenvalue weighted by molar-refractivity contribution is 9.10. The van der Waals surface area contributed by atoms with Gasteiger partial charge in [0.2, 0.25) is 0 Å². The largest absolute Gasteiger partial charge is 0.416 e. The molecule has 0 saturated heterocycles. The first-order valence-corrected chi connectivity index (χ1v) is 10.9. The summed E-state index contributed by atoms with van der Waals surface area (Å²) in [6, 6.07) is 7.46. The maximum atomic E-state index is 13.8. The van der Waals surface area contributed by atoms with Crippen LogP contribution in [0.25, 0.3) is 0 Å². The maximum Gasteiger partial charge on any atom is 0.416 e. The standard InChI is InChI=1S/C21H14BrClF6N4O/c22-12-4-1-10(2-5-12)14-8-17(21(27,28)29)33-18(30-14)9-16(32-33)19(34)31-15-7-11(20(24,25)26)3-6-13(15)23/h1-7,9,14,17,30H,8H2,(H,31,34)/t14-,17-/m1/s1. The molecule has 1 aliphatic rings. The van der Waals surface area contributed by atoms with Crippen LogP contribution in [0, 0.1) is 0 Å². The number of hydrogen-bond acceptors (Lipinski definition) is 3. The lowest BCUT2D eigenvalue weighted by Gasteiger charge is -2.33. The smallest absolute Gasteiger partial charge is 0.363 e. The van der Waals surface area contributed by atoms with Crippen molar-refractivity contribution in [2.75, 3.05) is 10.6 Å². The van der Waals surface area contributed by atoms with Gasteiger partial charge in [0.05, 0.1) is 22.3 Å². The van der Waals surface area contributed by atoms with Crippen LogP contribution in [0.3, 0.4) is 0 Å². The molecule has 1 aliphatic heterocycles. The van der Waals surface area contributed by atoms with Gasteiger partial charge in [-0.15, -0.1) is 0 Å². The molecule has 2 aromatic carbocycles. The molecule has 0 unspecified atom stereocenters. The zero-order valence-electron chi connectivity index (χ0n) is 16.8. The molecular weight excluding hydrogens is 554 g/mol. The van der Waals surface area contributed by atoms with Crippen LogP contribution in [0.2, 0.25) is 5.02 Å². The molecule has 13 heteroatoms. The molecule has 180 valence electrons. The lowest BCUT2D eigenvalue weighted by Crippen LogP contribution is -2.35. The SMILES string of the molecule is O=C(Nc1cc(C(F)(F)F)ccc1Cl)c1cc2n(n1)[C@@H](C(F)(F)F)C[C@H](c1ccc(Br)cc1)N2. The average molecular weight is 568 g/mol. The normalized spacial score (nSPS) is 18.2. The summed E-state index contributed by atoms with van der Waals surface area (Å²) in [7, 11) is 0. The van der Waals surface area contributed by atoms with E-state index >= 15 is 0 Å². The van der Waals surface area contributed by atoms with Gasteiger partial charge in [-0.25, -0.2) is 4.68 Å². The molecule has 0 saturated carbocycles. The Hall–Kier alpha value is -2.73. The number of halogens is 8. The number of rotatable bonds is 3. The van der Waals surface area contributed by atoms with Crippen molar-refractivity contribution < 1.29 is 31.1 Å². The number of nitrogens with one attached hydrogen (secondary N) is 2. The van der Waals surface area contributed by atoms with Gasteiger partial charge in [0, 0.05) is 17.0 Å². The third-order valence-electron chi connectivity index (χ3n) is 5.24. The van der Waals surface area contributed by atoms with Crippen LogP contribution in [0.1, 0.15) is 40.1 Å². The summed E-state index contributed by atoms with van der Waals surface area (Å²) in [6.45, 7) is 0. The first kappa shape index (κ1) is 24.4. The number of carbonyl (C=O) groups excluding carboxylic acids is 1. The van der Waals surface area contributed by atoms with Crippen molar-refractivity contribution in [1.29, 1.82) is 0 Å². The minimum atomic E-state index is -4.68. The molecule has 2 heterocycles. The number of anilines is 2. The van der Waals surface area contributed by atoms with Gasteiger partial charge in [0.25, 0.3) is 5.91 Å². The number of carbonyl (C=O) groups is 1. The molecule has 0 spiro atoms. The second-order valence-electron chi connectivity index (χ2n) is 7.55. The van der Waals surface area contributed by atoms with E-state index in [1.54, 1.807) is 24.3 Å². The summed E-state index contributed by atoms with van der Waals surface area (Å²) in [5.74, 6) is -1.06. The quantitative estimate of drug-likeness (QED) is 0.328. The van der Waals surface area contributed by atoms with Gasteiger partial charge in [-0.05, 0) is 35.9 Å². The first-order chi connectivity index (χ1) is 15.8. The number of nitrogens with zero attached hydrogens (tertiary/aromatic N) is 2. The van der Waals surface area contributed by atoms with E-state index in [0.717, 1.165) is 22.7 Å². The molecule has 34 heavy (non-hydrogen) atoms. The molecular formula is C21H14BrClF6N4O. The summed E-state index contributed by atoms with van der Waals surface area (Å²) in [6.07, 6.45) is -9.71. The molecule has 5 nitrogen and oxygen atoms in total. The third kappa shape index (κ3) is 5.02. The minimum absolute atomic E-state index is 0.0539. The lowest BCUT2D eigenvalue weighted by molar-refractivity contribution is -0.173. The van der Waals surface area contributed by atoms with E-state index in [0.29, 0.717) is 16.3 Å². The molecule has 3 aromatic rings. The maximum absolute atomic E-state index is 13.8. The molecule has 0 fully saturated rings. The number of alkyl halides is 6. The van der Waals surface area contributed by atoms with Crippen LogP contribution in [0.5, 0.6) is 0 Å². The monoisotopic (exact) mass is 566 g/mol. The van der Waals surface area contributed by atoms with Gasteiger partial charge < -0.3 is 10.6 Å². The van der Waals surface area contributed by atoms with Gasteiger partial charge in [0.1, 0.15) is 5.82 Å². The number of aromatic nitrogens is 2. The molecule has 1 aromatic heterocycles. The van der Waals surface area contributed by atoms with Crippen molar-refractivity contribution in [2.24, 2.45) is 0 Å². The third-order valence-corrected chi connectivity index (χ3v) is 6.10. The minimum Gasteiger partial charge on any atom is -0.363 e. The fourth-order valence-electron chi connectivity index (χ4n) is 3.58. The van der Waals surface area contributed by atoms with E-state index in [9.17, 15) is 31.1 Å². The molecule has 4 rings (SSSR count). The van der Waals surface area contributed by atoms with Crippen molar-refractivity contribution in [2.45, 2.75) is 30.9 Å². The highest BCUT2D eigenvalue weighted by Gasteiger charge is 2.46. The van der Waals surface area contributed by atoms with E-state index in [1.807, 2.05) is 0 Å². The zero-order chi connectivity index (χ0) is 24.8. The second-order valence-corrected chi connectivity index (χ2v) is 8.87. The Morgan fingerprint density at radius 1 is 1.09 bits per heavy atom. The molecule has 2 atom stereocenters.